The molecule has 1 fully saturated rings. The number of rotatable bonds is 5. The second-order valence-corrected chi connectivity index (χ2v) is 7.30. The van der Waals surface area contributed by atoms with Crippen LogP contribution in [0.25, 0.3) is 0 Å². The molecule has 0 aromatic heterocycles. The fourth-order valence-corrected chi connectivity index (χ4v) is 4.93. The number of aliphatic imine (C=N–C) groups is 1. The van der Waals surface area contributed by atoms with Crippen molar-refractivity contribution >= 4 is 30.2 Å². The van der Waals surface area contributed by atoms with Crippen molar-refractivity contribution in [1.82, 2.24) is 16.0 Å². The number of amides is 2. The molecule has 2 unspecified atom stereocenters. The summed E-state index contributed by atoms with van der Waals surface area (Å²) in [4.78, 5) is 17.2. The van der Waals surface area contributed by atoms with Gasteiger partial charge < -0.3 is 20.7 Å². The molecule has 0 radical (unpaired) electrons. The summed E-state index contributed by atoms with van der Waals surface area (Å²) in [5, 5.41) is 9.34. The van der Waals surface area contributed by atoms with E-state index in [0.29, 0.717) is 11.9 Å². The van der Waals surface area contributed by atoms with Crippen LogP contribution in [0.3, 0.4) is 0 Å². The van der Waals surface area contributed by atoms with Crippen LogP contribution in [0.15, 0.2) is 22.0 Å². The van der Waals surface area contributed by atoms with Crippen LogP contribution in [0.1, 0.15) is 18.4 Å². The van der Waals surface area contributed by atoms with Gasteiger partial charge in [-0.05, 0) is 38.7 Å². The minimum absolute atomic E-state index is 0.0714. The maximum Gasteiger partial charge on any atom is 0.314 e. The van der Waals surface area contributed by atoms with Crippen LogP contribution in [0.2, 0.25) is 0 Å². The SMILES string of the molecule is C=Nc1c(SC2CC[C@@H](NC)C2NC(=O)NC)ccc2c1CCO2. The summed E-state index contributed by atoms with van der Waals surface area (Å²) in [5.41, 5.74) is 2.08. The number of hydrogen-bond acceptors (Lipinski definition) is 5. The van der Waals surface area contributed by atoms with Crippen molar-refractivity contribution in [1.29, 1.82) is 0 Å². The standard InChI is InChI=1S/C17H24N4O2S/c1-18-11-4-6-14(16(11)21-17(22)20-3)24-13-7-5-12-10(8-9-23-12)15(13)19-2/h5,7,11,14,16,18H,2,4,6,8-9H2,1,3H3,(H2,20,21,22)/t11-,14?,16?/m1/s1. The van der Waals surface area contributed by atoms with Gasteiger partial charge in [0.2, 0.25) is 0 Å². The highest BCUT2D eigenvalue weighted by Crippen LogP contribution is 2.44. The van der Waals surface area contributed by atoms with Crippen molar-refractivity contribution in [3.05, 3.63) is 17.7 Å². The summed E-state index contributed by atoms with van der Waals surface area (Å²) in [5.74, 6) is 0.918. The minimum atomic E-state index is -0.142. The number of likely N-dealkylation sites (N-methyl/N-ethyl adjacent to an activating group) is 1. The van der Waals surface area contributed by atoms with E-state index >= 15 is 0 Å². The molecule has 2 amide bonds. The first-order valence-corrected chi connectivity index (χ1v) is 9.13. The minimum Gasteiger partial charge on any atom is -0.493 e. The Morgan fingerprint density at radius 3 is 2.92 bits per heavy atom. The van der Waals surface area contributed by atoms with Gasteiger partial charge in [-0.1, -0.05) is 0 Å². The molecule has 3 atom stereocenters. The van der Waals surface area contributed by atoms with Gasteiger partial charge in [0.1, 0.15) is 5.75 Å². The maximum atomic E-state index is 11.8. The molecule has 1 aromatic carbocycles. The molecule has 1 heterocycles. The molecule has 3 rings (SSSR count). The van der Waals surface area contributed by atoms with Crippen molar-refractivity contribution in [2.24, 2.45) is 4.99 Å². The number of carbonyl (C=O) groups is 1. The maximum absolute atomic E-state index is 11.8. The number of nitrogens with zero attached hydrogens (tertiary/aromatic N) is 1. The predicted molar refractivity (Wildman–Crippen MR) is 98.0 cm³/mol. The van der Waals surface area contributed by atoms with E-state index < -0.39 is 0 Å². The first-order chi connectivity index (χ1) is 11.7. The van der Waals surface area contributed by atoms with Crippen molar-refractivity contribution in [2.45, 2.75) is 41.5 Å². The van der Waals surface area contributed by atoms with Crippen molar-refractivity contribution < 1.29 is 9.53 Å². The highest BCUT2D eigenvalue weighted by Gasteiger charge is 2.37. The third kappa shape index (κ3) is 3.23. The first kappa shape index (κ1) is 17.1. The Bertz CT molecular complexity index is 637. The lowest BCUT2D eigenvalue weighted by atomic mass is 10.1. The molecule has 2 aliphatic rings. The van der Waals surface area contributed by atoms with Gasteiger partial charge in [-0.2, -0.15) is 0 Å². The number of fused-ring (bicyclic) bond motifs is 1. The Balaban J connectivity index is 1.82. The van der Waals surface area contributed by atoms with Crippen LogP contribution in [-0.2, 0) is 6.42 Å². The number of ether oxygens (including phenoxy) is 1. The highest BCUT2D eigenvalue weighted by molar-refractivity contribution is 8.00. The lowest BCUT2D eigenvalue weighted by Crippen LogP contribution is -2.51. The zero-order valence-corrected chi connectivity index (χ0v) is 14.9. The molecule has 7 heteroatoms. The quantitative estimate of drug-likeness (QED) is 0.713. The predicted octanol–water partition coefficient (Wildman–Crippen LogP) is 2.09. The second-order valence-electron chi connectivity index (χ2n) is 6.02. The van der Waals surface area contributed by atoms with E-state index in [1.165, 1.54) is 0 Å². The monoisotopic (exact) mass is 348 g/mol. The molecule has 6 nitrogen and oxygen atoms in total. The van der Waals surface area contributed by atoms with Gasteiger partial charge in [0, 0.05) is 35.2 Å². The van der Waals surface area contributed by atoms with Gasteiger partial charge in [-0.15, -0.1) is 11.8 Å². The van der Waals surface area contributed by atoms with E-state index in [2.05, 4.69) is 33.7 Å². The molecular weight excluding hydrogens is 324 g/mol. The van der Waals surface area contributed by atoms with Crippen molar-refractivity contribution in [3.8, 4) is 5.75 Å². The van der Waals surface area contributed by atoms with Crippen LogP contribution in [0.4, 0.5) is 10.5 Å². The molecule has 0 bridgehead atoms. The van der Waals surface area contributed by atoms with Crippen LogP contribution >= 0.6 is 11.8 Å². The number of nitrogens with one attached hydrogen (secondary N) is 3. The van der Waals surface area contributed by atoms with Crippen LogP contribution < -0.4 is 20.7 Å². The number of hydrogen-bond donors (Lipinski definition) is 3. The third-order valence-corrected chi connectivity index (χ3v) is 6.16. The molecule has 0 spiro atoms. The van der Waals surface area contributed by atoms with Crippen LogP contribution in [0.5, 0.6) is 5.75 Å². The van der Waals surface area contributed by atoms with Gasteiger partial charge in [0.05, 0.1) is 18.3 Å². The van der Waals surface area contributed by atoms with E-state index in [4.69, 9.17) is 4.74 Å². The molecule has 1 saturated carbocycles. The number of urea groups is 1. The Morgan fingerprint density at radius 1 is 1.38 bits per heavy atom. The largest absolute Gasteiger partial charge is 0.493 e. The molecule has 130 valence electrons. The zero-order valence-electron chi connectivity index (χ0n) is 14.1. The summed E-state index contributed by atoms with van der Waals surface area (Å²) >= 11 is 1.78. The average molecular weight is 348 g/mol. The van der Waals surface area contributed by atoms with Gasteiger partial charge in [-0.3, -0.25) is 4.99 Å². The summed E-state index contributed by atoms with van der Waals surface area (Å²) < 4.78 is 5.62. The van der Waals surface area contributed by atoms with E-state index in [1.807, 2.05) is 13.1 Å². The lowest BCUT2D eigenvalue weighted by molar-refractivity contribution is 0.237. The zero-order chi connectivity index (χ0) is 17.1. The summed E-state index contributed by atoms with van der Waals surface area (Å²) in [6, 6.07) is 4.28. The van der Waals surface area contributed by atoms with Crippen LogP contribution in [0, 0.1) is 0 Å². The lowest BCUT2D eigenvalue weighted by Gasteiger charge is -2.26. The topological polar surface area (TPSA) is 74.8 Å². The summed E-state index contributed by atoms with van der Waals surface area (Å²) in [6.07, 6.45) is 2.95. The molecule has 1 aliphatic carbocycles. The van der Waals surface area contributed by atoms with E-state index in [0.717, 1.165) is 41.2 Å². The Hall–Kier alpha value is -1.73. The van der Waals surface area contributed by atoms with E-state index in [1.54, 1.807) is 18.8 Å². The number of benzene rings is 1. The molecule has 1 aromatic rings. The smallest absolute Gasteiger partial charge is 0.314 e. The first-order valence-electron chi connectivity index (χ1n) is 8.25. The highest BCUT2D eigenvalue weighted by atomic mass is 32.2. The summed E-state index contributed by atoms with van der Waals surface area (Å²) in [7, 11) is 3.58. The number of carbonyl (C=O) groups excluding carboxylic acids is 1. The Morgan fingerprint density at radius 2 is 2.21 bits per heavy atom. The van der Waals surface area contributed by atoms with Crippen molar-refractivity contribution in [2.75, 3.05) is 20.7 Å². The molecule has 0 saturated heterocycles. The Labute approximate surface area is 146 Å². The Kier molecular flexibility index (Phi) is 5.30. The number of thioether (sulfide) groups is 1. The second kappa shape index (κ2) is 7.44. The summed E-state index contributed by atoms with van der Waals surface area (Å²) in [6.45, 7) is 4.45. The molecular formula is C17H24N4O2S. The fourth-order valence-electron chi connectivity index (χ4n) is 3.50. The van der Waals surface area contributed by atoms with Crippen molar-refractivity contribution in [3.63, 3.8) is 0 Å². The molecule has 1 aliphatic heterocycles. The molecule has 3 N–H and O–H groups in total. The third-order valence-electron chi connectivity index (χ3n) is 4.74. The van der Waals surface area contributed by atoms with E-state index in [-0.39, 0.29) is 18.1 Å². The normalized spacial score (nSPS) is 25.0. The van der Waals surface area contributed by atoms with Gasteiger partial charge in [0.25, 0.3) is 0 Å². The van der Waals surface area contributed by atoms with E-state index in [9.17, 15) is 4.79 Å². The van der Waals surface area contributed by atoms with Crippen LogP contribution in [-0.4, -0.2) is 50.8 Å². The fraction of sp³-hybridized carbons (Fsp3) is 0.529. The van der Waals surface area contributed by atoms with Gasteiger partial charge in [0.15, 0.2) is 0 Å². The van der Waals surface area contributed by atoms with Gasteiger partial charge >= 0.3 is 6.03 Å². The average Bonchev–Trinajstić information content (AvgIpc) is 3.21. The van der Waals surface area contributed by atoms with Gasteiger partial charge in [-0.25, -0.2) is 4.79 Å². The molecule has 24 heavy (non-hydrogen) atoms.